The fourth-order valence-corrected chi connectivity index (χ4v) is 3.11. The Morgan fingerprint density at radius 1 is 1.10 bits per heavy atom. The van der Waals surface area contributed by atoms with E-state index in [1.165, 1.54) is 12.8 Å². The monoisotopic (exact) mass is 290 g/mol. The fraction of sp³-hybridized carbons (Fsp3) is 0.438. The summed E-state index contributed by atoms with van der Waals surface area (Å²) in [6, 6.07) is 7.72. The van der Waals surface area contributed by atoms with Gasteiger partial charge in [0.25, 0.3) is 5.91 Å². The van der Waals surface area contributed by atoms with E-state index < -0.39 is 0 Å². The van der Waals surface area contributed by atoms with Crippen molar-refractivity contribution in [3.8, 4) is 0 Å². The zero-order valence-electron chi connectivity index (χ0n) is 11.7. The molecule has 1 aromatic heterocycles. The third-order valence-electron chi connectivity index (χ3n) is 4.12. The minimum atomic E-state index is 0.140. The highest BCUT2D eigenvalue weighted by molar-refractivity contribution is 6.31. The van der Waals surface area contributed by atoms with Gasteiger partial charge in [-0.05, 0) is 31.0 Å². The van der Waals surface area contributed by atoms with Gasteiger partial charge >= 0.3 is 0 Å². The quantitative estimate of drug-likeness (QED) is 0.783. The van der Waals surface area contributed by atoms with Crippen molar-refractivity contribution >= 4 is 28.4 Å². The van der Waals surface area contributed by atoms with E-state index in [1.807, 2.05) is 40.8 Å². The van der Waals surface area contributed by atoms with Crippen molar-refractivity contribution < 1.29 is 4.79 Å². The topological polar surface area (TPSA) is 25.2 Å². The molecule has 0 atom stereocenters. The van der Waals surface area contributed by atoms with Crippen LogP contribution < -0.4 is 0 Å². The first-order chi connectivity index (χ1) is 9.66. The largest absolute Gasteiger partial charge is 0.340 e. The van der Waals surface area contributed by atoms with Gasteiger partial charge in [0.05, 0.1) is 0 Å². The van der Waals surface area contributed by atoms with Crippen molar-refractivity contribution in [1.29, 1.82) is 0 Å². The maximum atomic E-state index is 12.7. The average molecular weight is 291 g/mol. The van der Waals surface area contributed by atoms with Crippen molar-refractivity contribution in [1.82, 2.24) is 9.47 Å². The van der Waals surface area contributed by atoms with Gasteiger partial charge in [0.1, 0.15) is 5.69 Å². The van der Waals surface area contributed by atoms with Crippen LogP contribution in [0.5, 0.6) is 0 Å². The molecule has 0 spiro atoms. The molecule has 0 unspecified atom stereocenters. The third-order valence-corrected chi connectivity index (χ3v) is 4.35. The van der Waals surface area contributed by atoms with Gasteiger partial charge in [-0.3, -0.25) is 4.79 Å². The lowest BCUT2D eigenvalue weighted by atomic mass is 10.2. The zero-order chi connectivity index (χ0) is 14.1. The Morgan fingerprint density at radius 3 is 2.50 bits per heavy atom. The molecule has 1 fully saturated rings. The number of aromatic nitrogens is 1. The van der Waals surface area contributed by atoms with E-state index in [0.717, 1.165) is 42.5 Å². The first-order valence-corrected chi connectivity index (χ1v) is 7.59. The summed E-state index contributed by atoms with van der Waals surface area (Å²) in [6.07, 6.45) is 4.69. The van der Waals surface area contributed by atoms with E-state index in [0.29, 0.717) is 5.02 Å². The molecule has 0 bridgehead atoms. The lowest BCUT2D eigenvalue weighted by Crippen LogP contribution is -2.33. The highest BCUT2D eigenvalue weighted by Crippen LogP contribution is 2.24. The van der Waals surface area contributed by atoms with Gasteiger partial charge in [0, 0.05) is 36.1 Å². The molecule has 1 aliphatic heterocycles. The smallest absolute Gasteiger partial charge is 0.270 e. The first-order valence-electron chi connectivity index (χ1n) is 7.21. The van der Waals surface area contributed by atoms with Gasteiger partial charge in [0.2, 0.25) is 0 Å². The molecule has 1 aromatic carbocycles. The average Bonchev–Trinajstić information content (AvgIpc) is 2.66. The van der Waals surface area contributed by atoms with Gasteiger partial charge < -0.3 is 9.47 Å². The van der Waals surface area contributed by atoms with Crippen molar-refractivity contribution in [3.05, 3.63) is 35.0 Å². The highest BCUT2D eigenvalue weighted by atomic mass is 35.5. The summed E-state index contributed by atoms with van der Waals surface area (Å²) in [5, 5.41) is 1.77. The number of hydrogen-bond donors (Lipinski definition) is 0. The number of carbonyl (C=O) groups excluding carboxylic acids is 1. The van der Waals surface area contributed by atoms with Crippen LogP contribution in [0.25, 0.3) is 10.9 Å². The number of aryl methyl sites for hydroxylation is 1. The molecule has 0 saturated carbocycles. The zero-order valence-corrected chi connectivity index (χ0v) is 12.5. The summed E-state index contributed by atoms with van der Waals surface area (Å²) >= 11 is 6.04. The number of halogens is 1. The van der Waals surface area contributed by atoms with Crippen LogP contribution in [-0.2, 0) is 7.05 Å². The highest BCUT2D eigenvalue weighted by Gasteiger charge is 2.20. The van der Waals surface area contributed by atoms with Crippen LogP contribution >= 0.6 is 11.6 Å². The van der Waals surface area contributed by atoms with E-state index in [-0.39, 0.29) is 5.91 Å². The molecule has 20 heavy (non-hydrogen) atoms. The summed E-state index contributed by atoms with van der Waals surface area (Å²) in [4.78, 5) is 14.7. The molecule has 2 aromatic rings. The van der Waals surface area contributed by atoms with Crippen LogP contribution in [0.3, 0.4) is 0 Å². The molecule has 3 rings (SSSR count). The van der Waals surface area contributed by atoms with E-state index in [2.05, 4.69) is 0 Å². The van der Waals surface area contributed by atoms with E-state index in [9.17, 15) is 4.79 Å². The maximum Gasteiger partial charge on any atom is 0.270 e. The lowest BCUT2D eigenvalue weighted by molar-refractivity contribution is 0.0752. The predicted octanol–water partition coefficient (Wildman–Crippen LogP) is 3.85. The van der Waals surface area contributed by atoms with E-state index in [1.54, 1.807) is 0 Å². The minimum absolute atomic E-state index is 0.140. The summed E-state index contributed by atoms with van der Waals surface area (Å²) < 4.78 is 1.95. The van der Waals surface area contributed by atoms with Gasteiger partial charge in [-0.15, -0.1) is 0 Å². The van der Waals surface area contributed by atoms with Crippen LogP contribution in [0.4, 0.5) is 0 Å². The Morgan fingerprint density at radius 2 is 1.80 bits per heavy atom. The normalized spacial score (nSPS) is 16.4. The van der Waals surface area contributed by atoms with Crippen molar-refractivity contribution in [3.63, 3.8) is 0 Å². The number of hydrogen-bond acceptors (Lipinski definition) is 1. The second kappa shape index (κ2) is 5.49. The first kappa shape index (κ1) is 13.5. The molecular weight excluding hydrogens is 272 g/mol. The molecule has 4 heteroatoms. The Hall–Kier alpha value is -1.48. The molecule has 2 heterocycles. The van der Waals surface area contributed by atoms with Crippen LogP contribution in [0.2, 0.25) is 5.02 Å². The number of likely N-dealkylation sites (tertiary alicyclic amines) is 1. The number of nitrogens with zero attached hydrogens (tertiary/aromatic N) is 2. The summed E-state index contributed by atoms with van der Waals surface area (Å²) in [5.41, 5.74) is 1.76. The van der Waals surface area contributed by atoms with Gasteiger partial charge in [0.15, 0.2) is 0 Å². The Bertz CT molecular complexity index is 639. The number of fused-ring (bicyclic) bond motifs is 1. The number of rotatable bonds is 1. The van der Waals surface area contributed by atoms with E-state index >= 15 is 0 Å². The molecule has 3 nitrogen and oxygen atoms in total. The summed E-state index contributed by atoms with van der Waals surface area (Å²) in [6.45, 7) is 1.75. The Labute approximate surface area is 124 Å². The van der Waals surface area contributed by atoms with Crippen molar-refractivity contribution in [2.45, 2.75) is 25.7 Å². The summed E-state index contributed by atoms with van der Waals surface area (Å²) in [5.74, 6) is 0.140. The molecule has 1 saturated heterocycles. The van der Waals surface area contributed by atoms with Crippen LogP contribution in [0.15, 0.2) is 24.3 Å². The van der Waals surface area contributed by atoms with Gasteiger partial charge in [-0.25, -0.2) is 0 Å². The van der Waals surface area contributed by atoms with Crippen molar-refractivity contribution in [2.75, 3.05) is 13.1 Å². The van der Waals surface area contributed by atoms with Crippen molar-refractivity contribution in [2.24, 2.45) is 7.05 Å². The molecule has 1 aliphatic rings. The number of amides is 1. The molecule has 0 N–H and O–H groups in total. The van der Waals surface area contributed by atoms with Crippen LogP contribution in [-0.4, -0.2) is 28.5 Å². The SMILES string of the molecule is Cn1c(C(=O)N2CCCCCC2)cc2ccc(Cl)cc21. The number of carbonyl (C=O) groups is 1. The Balaban J connectivity index is 1.96. The lowest BCUT2D eigenvalue weighted by Gasteiger charge is -2.20. The standard InChI is InChI=1S/C16H19ClN2O/c1-18-14-11-13(17)7-6-12(14)10-15(18)16(20)19-8-4-2-3-5-9-19/h6-7,10-11H,2-5,8-9H2,1H3. The van der Waals surface area contributed by atoms with Crippen LogP contribution in [0.1, 0.15) is 36.2 Å². The van der Waals surface area contributed by atoms with E-state index in [4.69, 9.17) is 11.6 Å². The second-order valence-corrected chi connectivity index (χ2v) is 5.93. The van der Waals surface area contributed by atoms with Crippen LogP contribution in [0, 0.1) is 0 Å². The molecular formula is C16H19ClN2O. The fourth-order valence-electron chi connectivity index (χ4n) is 2.94. The predicted molar refractivity (Wildman–Crippen MR) is 82.3 cm³/mol. The third kappa shape index (κ3) is 2.42. The molecule has 106 valence electrons. The summed E-state index contributed by atoms with van der Waals surface area (Å²) in [7, 11) is 1.93. The maximum absolute atomic E-state index is 12.7. The number of benzene rings is 1. The molecule has 1 amide bonds. The second-order valence-electron chi connectivity index (χ2n) is 5.50. The minimum Gasteiger partial charge on any atom is -0.340 e. The van der Waals surface area contributed by atoms with Gasteiger partial charge in [-0.1, -0.05) is 30.5 Å². The molecule has 0 aliphatic carbocycles. The molecule has 0 radical (unpaired) electrons. The van der Waals surface area contributed by atoms with Gasteiger partial charge in [-0.2, -0.15) is 0 Å². The Kier molecular flexibility index (Phi) is 3.70.